The minimum atomic E-state index is 0.577. The van der Waals surface area contributed by atoms with Crippen LogP contribution in [0.5, 0.6) is 0 Å². The molecule has 4 nitrogen and oxygen atoms in total. The summed E-state index contributed by atoms with van der Waals surface area (Å²) in [7, 11) is 0. The van der Waals surface area contributed by atoms with Crippen LogP contribution in [-0.4, -0.2) is 35.8 Å². The number of imidazole rings is 1. The molecule has 66 valence electrons. The van der Waals surface area contributed by atoms with E-state index in [4.69, 9.17) is 4.74 Å². The van der Waals surface area contributed by atoms with Crippen molar-refractivity contribution in [3.8, 4) is 0 Å². The Balaban J connectivity index is 1.62. The number of rotatable bonds is 4. The average Bonchev–Trinajstić information content (AvgIpc) is 2.46. The average molecular weight is 167 g/mol. The van der Waals surface area contributed by atoms with Gasteiger partial charge in [0.25, 0.3) is 0 Å². The predicted octanol–water partition coefficient (Wildman–Crippen LogP) is -0.0594. The van der Waals surface area contributed by atoms with Crippen molar-refractivity contribution in [2.45, 2.75) is 12.5 Å². The molecule has 12 heavy (non-hydrogen) atoms. The Morgan fingerprint density at radius 3 is 3.17 bits per heavy atom. The summed E-state index contributed by atoms with van der Waals surface area (Å²) in [5, 5.41) is 3.38. The van der Waals surface area contributed by atoms with Crippen molar-refractivity contribution in [2.75, 3.05) is 19.8 Å². The zero-order valence-corrected chi connectivity index (χ0v) is 6.92. The third-order valence-corrected chi connectivity index (χ3v) is 2.02. The molecule has 1 fully saturated rings. The first-order chi connectivity index (χ1) is 5.95. The Morgan fingerprint density at radius 1 is 1.67 bits per heavy atom. The van der Waals surface area contributed by atoms with Gasteiger partial charge in [0.15, 0.2) is 0 Å². The highest BCUT2D eigenvalue weighted by Crippen LogP contribution is 1.99. The van der Waals surface area contributed by atoms with Crippen molar-refractivity contribution < 1.29 is 4.74 Å². The minimum Gasteiger partial charge on any atom is -0.378 e. The van der Waals surface area contributed by atoms with E-state index >= 15 is 0 Å². The Kier molecular flexibility index (Phi) is 2.39. The summed E-state index contributed by atoms with van der Waals surface area (Å²) in [4.78, 5) is 7.01. The van der Waals surface area contributed by atoms with Gasteiger partial charge in [0, 0.05) is 24.9 Å². The van der Waals surface area contributed by atoms with E-state index in [2.05, 4.69) is 15.3 Å². The Bertz CT molecular complexity index is 218. The van der Waals surface area contributed by atoms with Crippen molar-refractivity contribution in [1.82, 2.24) is 15.3 Å². The summed E-state index contributed by atoms with van der Waals surface area (Å²) in [6.07, 6.45) is 4.58. The molecule has 1 aliphatic heterocycles. The molecule has 1 saturated heterocycles. The minimum absolute atomic E-state index is 0.577. The third kappa shape index (κ3) is 1.84. The fourth-order valence-electron chi connectivity index (χ4n) is 1.19. The van der Waals surface area contributed by atoms with Crippen LogP contribution >= 0.6 is 0 Å². The van der Waals surface area contributed by atoms with Gasteiger partial charge in [-0.2, -0.15) is 0 Å². The first-order valence-corrected chi connectivity index (χ1v) is 4.23. The highest BCUT2D eigenvalue weighted by atomic mass is 16.5. The van der Waals surface area contributed by atoms with E-state index in [9.17, 15) is 0 Å². The molecule has 1 aromatic heterocycles. The van der Waals surface area contributed by atoms with Crippen LogP contribution in [0.4, 0.5) is 0 Å². The van der Waals surface area contributed by atoms with Gasteiger partial charge < -0.3 is 15.0 Å². The summed E-state index contributed by atoms with van der Waals surface area (Å²) >= 11 is 0. The summed E-state index contributed by atoms with van der Waals surface area (Å²) < 4.78 is 5.04. The molecule has 0 aliphatic carbocycles. The van der Waals surface area contributed by atoms with Gasteiger partial charge in [-0.15, -0.1) is 0 Å². The molecule has 2 heterocycles. The molecule has 1 aromatic rings. The summed E-state index contributed by atoms with van der Waals surface area (Å²) in [5.74, 6) is 0. The number of aromatic amines is 1. The van der Waals surface area contributed by atoms with E-state index in [-0.39, 0.29) is 0 Å². The smallest absolute Gasteiger partial charge is 0.0921 e. The zero-order chi connectivity index (χ0) is 8.23. The van der Waals surface area contributed by atoms with Crippen LogP contribution in [0.2, 0.25) is 0 Å². The fourth-order valence-corrected chi connectivity index (χ4v) is 1.19. The highest BCUT2D eigenvalue weighted by molar-refractivity contribution is 4.94. The standard InChI is InChI=1S/C8H13N3O/c1(7-3-9-6-11-7)2-10-8-4-12-5-8/h3,6,8,10H,1-2,4-5H2,(H,9,11). The number of hydrogen-bond acceptors (Lipinski definition) is 3. The maximum atomic E-state index is 5.04. The molecule has 1 aliphatic rings. The van der Waals surface area contributed by atoms with Gasteiger partial charge in [0.05, 0.1) is 25.6 Å². The lowest BCUT2D eigenvalue weighted by Gasteiger charge is -2.26. The van der Waals surface area contributed by atoms with Crippen LogP contribution in [0.3, 0.4) is 0 Å². The SMILES string of the molecule is c1ncc(CCNC2COC2)[nH]1. The van der Waals surface area contributed by atoms with Crippen LogP contribution in [-0.2, 0) is 11.2 Å². The Morgan fingerprint density at radius 2 is 2.58 bits per heavy atom. The van der Waals surface area contributed by atoms with Crippen molar-refractivity contribution in [3.05, 3.63) is 18.2 Å². The summed E-state index contributed by atoms with van der Waals surface area (Å²) in [6.45, 7) is 2.72. The molecule has 2 rings (SSSR count). The number of aromatic nitrogens is 2. The van der Waals surface area contributed by atoms with Gasteiger partial charge >= 0.3 is 0 Å². The van der Waals surface area contributed by atoms with Crippen LogP contribution in [0.25, 0.3) is 0 Å². The molecule has 0 radical (unpaired) electrons. The quantitative estimate of drug-likeness (QED) is 0.660. The van der Waals surface area contributed by atoms with E-state index in [1.54, 1.807) is 6.33 Å². The van der Waals surface area contributed by atoms with Gasteiger partial charge in [-0.05, 0) is 0 Å². The zero-order valence-electron chi connectivity index (χ0n) is 6.92. The second-order valence-electron chi connectivity index (χ2n) is 3.02. The van der Waals surface area contributed by atoms with Crippen molar-refractivity contribution in [1.29, 1.82) is 0 Å². The molecule has 2 N–H and O–H groups in total. The maximum absolute atomic E-state index is 5.04. The molecule has 0 bridgehead atoms. The fraction of sp³-hybridized carbons (Fsp3) is 0.625. The second-order valence-corrected chi connectivity index (χ2v) is 3.02. The van der Waals surface area contributed by atoms with E-state index in [1.165, 1.54) is 5.69 Å². The number of nitrogens with one attached hydrogen (secondary N) is 2. The van der Waals surface area contributed by atoms with Gasteiger partial charge in [-0.25, -0.2) is 4.98 Å². The Labute approximate surface area is 71.3 Å². The van der Waals surface area contributed by atoms with E-state index in [0.717, 1.165) is 26.2 Å². The number of ether oxygens (including phenoxy) is 1. The van der Waals surface area contributed by atoms with Gasteiger partial charge in [0.1, 0.15) is 0 Å². The molecule has 0 spiro atoms. The third-order valence-electron chi connectivity index (χ3n) is 2.02. The normalized spacial score (nSPS) is 17.7. The van der Waals surface area contributed by atoms with E-state index in [0.29, 0.717) is 6.04 Å². The first kappa shape index (κ1) is 7.76. The van der Waals surface area contributed by atoms with Gasteiger partial charge in [-0.3, -0.25) is 0 Å². The van der Waals surface area contributed by atoms with Crippen LogP contribution in [0, 0.1) is 0 Å². The van der Waals surface area contributed by atoms with Crippen LogP contribution < -0.4 is 5.32 Å². The van der Waals surface area contributed by atoms with E-state index < -0.39 is 0 Å². The largest absolute Gasteiger partial charge is 0.378 e. The van der Waals surface area contributed by atoms with E-state index in [1.807, 2.05) is 6.20 Å². The number of nitrogens with zero attached hydrogens (tertiary/aromatic N) is 1. The first-order valence-electron chi connectivity index (χ1n) is 4.23. The molecule has 0 aromatic carbocycles. The lowest BCUT2D eigenvalue weighted by Crippen LogP contribution is -2.46. The topological polar surface area (TPSA) is 49.9 Å². The molecule has 0 unspecified atom stereocenters. The number of H-pyrrole nitrogens is 1. The lowest BCUT2D eigenvalue weighted by molar-refractivity contribution is -0.00469. The molecule has 0 saturated carbocycles. The van der Waals surface area contributed by atoms with Crippen LogP contribution in [0.1, 0.15) is 5.69 Å². The monoisotopic (exact) mass is 167 g/mol. The van der Waals surface area contributed by atoms with Crippen LogP contribution in [0.15, 0.2) is 12.5 Å². The van der Waals surface area contributed by atoms with Crippen molar-refractivity contribution >= 4 is 0 Å². The second kappa shape index (κ2) is 3.69. The maximum Gasteiger partial charge on any atom is 0.0921 e. The summed E-state index contributed by atoms with van der Waals surface area (Å²) in [6, 6.07) is 0.577. The van der Waals surface area contributed by atoms with Crippen molar-refractivity contribution in [2.24, 2.45) is 0 Å². The van der Waals surface area contributed by atoms with Gasteiger partial charge in [-0.1, -0.05) is 0 Å². The Hall–Kier alpha value is -0.870. The van der Waals surface area contributed by atoms with Gasteiger partial charge in [0.2, 0.25) is 0 Å². The number of hydrogen-bond donors (Lipinski definition) is 2. The molecule has 0 amide bonds. The molecular formula is C8H13N3O. The predicted molar refractivity (Wildman–Crippen MR) is 44.9 cm³/mol. The highest BCUT2D eigenvalue weighted by Gasteiger charge is 2.16. The lowest BCUT2D eigenvalue weighted by atomic mass is 10.2. The molecular weight excluding hydrogens is 154 g/mol. The van der Waals surface area contributed by atoms with Crippen molar-refractivity contribution in [3.63, 3.8) is 0 Å². The summed E-state index contributed by atoms with van der Waals surface area (Å²) in [5.41, 5.74) is 1.18. The molecule has 4 heteroatoms. The molecule has 0 atom stereocenters.